The summed E-state index contributed by atoms with van der Waals surface area (Å²) in [4.78, 5) is 0. The molecule has 1 N–H and O–H groups in total. The van der Waals surface area contributed by atoms with Gasteiger partial charge in [-0.1, -0.05) is 86.3 Å². The molecule has 0 saturated carbocycles. The summed E-state index contributed by atoms with van der Waals surface area (Å²) in [7, 11) is 0. The number of benzene rings is 2. The summed E-state index contributed by atoms with van der Waals surface area (Å²) >= 11 is 0. The monoisotopic (exact) mass is 281 g/mol. The van der Waals surface area contributed by atoms with Gasteiger partial charge in [0.2, 0.25) is 0 Å². The lowest BCUT2D eigenvalue weighted by atomic mass is 10.00. The summed E-state index contributed by atoms with van der Waals surface area (Å²) in [6.45, 7) is 5.33. The molecule has 2 aromatic rings. The molecule has 1 atom stereocenters. The molecule has 0 aliphatic rings. The first-order valence-electron chi connectivity index (χ1n) is 8.13. The van der Waals surface area contributed by atoms with Crippen LogP contribution >= 0.6 is 0 Å². The average molecular weight is 281 g/mol. The SMILES string of the molecule is CCCCCC(NCc1ccc(C)cc1)c1ccccc1. The van der Waals surface area contributed by atoms with Gasteiger partial charge in [-0.2, -0.15) is 0 Å². The second kappa shape index (κ2) is 8.63. The minimum atomic E-state index is 0.457. The molecule has 1 unspecified atom stereocenters. The lowest BCUT2D eigenvalue weighted by Gasteiger charge is -2.19. The second-order valence-corrected chi connectivity index (χ2v) is 5.83. The minimum Gasteiger partial charge on any atom is -0.306 e. The molecule has 0 aliphatic carbocycles. The first-order valence-corrected chi connectivity index (χ1v) is 8.13. The fourth-order valence-electron chi connectivity index (χ4n) is 2.62. The number of aryl methyl sites for hydroxylation is 1. The highest BCUT2D eigenvalue weighted by atomic mass is 14.9. The third kappa shape index (κ3) is 5.35. The lowest BCUT2D eigenvalue weighted by Crippen LogP contribution is -2.21. The van der Waals surface area contributed by atoms with Crippen LogP contribution in [0.15, 0.2) is 54.6 Å². The van der Waals surface area contributed by atoms with Gasteiger partial charge in [0.25, 0.3) is 0 Å². The smallest absolute Gasteiger partial charge is 0.0323 e. The zero-order valence-corrected chi connectivity index (χ0v) is 13.3. The third-order valence-corrected chi connectivity index (χ3v) is 3.97. The summed E-state index contributed by atoms with van der Waals surface area (Å²) in [5.41, 5.74) is 4.08. The largest absolute Gasteiger partial charge is 0.306 e. The van der Waals surface area contributed by atoms with Crippen LogP contribution in [-0.4, -0.2) is 0 Å². The van der Waals surface area contributed by atoms with Crippen molar-refractivity contribution in [3.63, 3.8) is 0 Å². The zero-order chi connectivity index (χ0) is 14.9. The first-order chi connectivity index (χ1) is 10.3. The van der Waals surface area contributed by atoms with Crippen LogP contribution in [0.5, 0.6) is 0 Å². The van der Waals surface area contributed by atoms with E-state index < -0.39 is 0 Å². The van der Waals surface area contributed by atoms with Crippen LogP contribution in [0, 0.1) is 6.92 Å². The molecule has 0 spiro atoms. The maximum Gasteiger partial charge on any atom is 0.0323 e. The molecular formula is C20H27N. The minimum absolute atomic E-state index is 0.457. The summed E-state index contributed by atoms with van der Waals surface area (Å²) in [6, 6.07) is 20.1. The topological polar surface area (TPSA) is 12.0 Å². The van der Waals surface area contributed by atoms with Crippen molar-refractivity contribution in [2.24, 2.45) is 0 Å². The Morgan fingerprint density at radius 2 is 1.62 bits per heavy atom. The Labute approximate surface area is 129 Å². The van der Waals surface area contributed by atoms with Gasteiger partial charge in [-0.15, -0.1) is 0 Å². The van der Waals surface area contributed by atoms with Crippen LogP contribution in [-0.2, 0) is 6.54 Å². The van der Waals surface area contributed by atoms with Crippen LogP contribution in [0.2, 0.25) is 0 Å². The number of hydrogen-bond donors (Lipinski definition) is 1. The Hall–Kier alpha value is -1.60. The van der Waals surface area contributed by atoms with Gasteiger partial charge in [-0.25, -0.2) is 0 Å². The van der Waals surface area contributed by atoms with E-state index in [2.05, 4.69) is 73.8 Å². The van der Waals surface area contributed by atoms with Crippen molar-refractivity contribution < 1.29 is 0 Å². The summed E-state index contributed by atoms with van der Waals surface area (Å²) in [5.74, 6) is 0. The molecule has 0 fully saturated rings. The molecule has 0 bridgehead atoms. The van der Waals surface area contributed by atoms with Crippen LogP contribution in [0.4, 0.5) is 0 Å². The maximum atomic E-state index is 3.73. The van der Waals surface area contributed by atoms with E-state index in [1.54, 1.807) is 0 Å². The normalized spacial score (nSPS) is 12.3. The fourth-order valence-corrected chi connectivity index (χ4v) is 2.62. The second-order valence-electron chi connectivity index (χ2n) is 5.83. The van der Waals surface area contributed by atoms with E-state index >= 15 is 0 Å². The molecule has 0 aliphatic heterocycles. The Morgan fingerprint density at radius 1 is 0.905 bits per heavy atom. The van der Waals surface area contributed by atoms with Gasteiger partial charge in [-0.3, -0.25) is 0 Å². The van der Waals surface area contributed by atoms with Crippen molar-refractivity contribution in [1.82, 2.24) is 5.32 Å². The van der Waals surface area contributed by atoms with Gasteiger partial charge in [0.05, 0.1) is 0 Å². The van der Waals surface area contributed by atoms with Crippen molar-refractivity contribution in [2.75, 3.05) is 0 Å². The highest BCUT2D eigenvalue weighted by Gasteiger charge is 2.10. The predicted octanol–water partition coefficient (Wildman–Crippen LogP) is 5.41. The molecule has 0 radical (unpaired) electrons. The average Bonchev–Trinajstić information content (AvgIpc) is 2.53. The molecule has 0 aromatic heterocycles. The molecule has 0 amide bonds. The maximum absolute atomic E-state index is 3.73. The van der Waals surface area contributed by atoms with E-state index in [-0.39, 0.29) is 0 Å². The molecule has 2 rings (SSSR count). The van der Waals surface area contributed by atoms with Crippen molar-refractivity contribution in [3.8, 4) is 0 Å². The molecule has 112 valence electrons. The molecule has 21 heavy (non-hydrogen) atoms. The Balaban J connectivity index is 1.96. The zero-order valence-electron chi connectivity index (χ0n) is 13.3. The predicted molar refractivity (Wildman–Crippen MR) is 91.3 cm³/mol. The molecule has 0 saturated heterocycles. The molecule has 2 aromatic carbocycles. The van der Waals surface area contributed by atoms with Gasteiger partial charge in [-0.05, 0) is 24.5 Å². The van der Waals surface area contributed by atoms with E-state index in [0.29, 0.717) is 6.04 Å². The van der Waals surface area contributed by atoms with Crippen molar-refractivity contribution in [2.45, 2.75) is 52.1 Å². The van der Waals surface area contributed by atoms with Crippen molar-refractivity contribution in [1.29, 1.82) is 0 Å². The quantitative estimate of drug-likeness (QED) is 0.638. The number of hydrogen-bond acceptors (Lipinski definition) is 1. The van der Waals surface area contributed by atoms with E-state index in [4.69, 9.17) is 0 Å². The van der Waals surface area contributed by atoms with Crippen LogP contribution in [0.25, 0.3) is 0 Å². The molecular weight excluding hydrogens is 254 g/mol. The van der Waals surface area contributed by atoms with Crippen molar-refractivity contribution in [3.05, 3.63) is 71.3 Å². The van der Waals surface area contributed by atoms with Gasteiger partial charge in [0.15, 0.2) is 0 Å². The highest BCUT2D eigenvalue weighted by Crippen LogP contribution is 2.20. The number of rotatable bonds is 8. The summed E-state index contributed by atoms with van der Waals surface area (Å²) < 4.78 is 0. The Bertz CT molecular complexity index is 501. The molecule has 1 heteroatoms. The van der Waals surface area contributed by atoms with Gasteiger partial charge in [0, 0.05) is 12.6 Å². The molecule has 1 nitrogen and oxygen atoms in total. The summed E-state index contributed by atoms with van der Waals surface area (Å²) in [6.07, 6.45) is 5.09. The van der Waals surface area contributed by atoms with Gasteiger partial charge in [0.1, 0.15) is 0 Å². The first kappa shape index (κ1) is 15.8. The lowest BCUT2D eigenvalue weighted by molar-refractivity contribution is 0.473. The van der Waals surface area contributed by atoms with Crippen LogP contribution in [0.3, 0.4) is 0 Å². The van der Waals surface area contributed by atoms with Crippen LogP contribution in [0.1, 0.15) is 55.3 Å². The van der Waals surface area contributed by atoms with Gasteiger partial charge >= 0.3 is 0 Å². The summed E-state index contributed by atoms with van der Waals surface area (Å²) in [5, 5.41) is 3.73. The standard InChI is InChI=1S/C20H27N/c1-3-4-6-11-20(19-9-7-5-8-10-19)21-16-18-14-12-17(2)13-15-18/h5,7-10,12-15,20-21H,3-4,6,11,16H2,1-2H3. The fraction of sp³-hybridized carbons (Fsp3) is 0.400. The Morgan fingerprint density at radius 3 is 2.29 bits per heavy atom. The van der Waals surface area contributed by atoms with E-state index in [9.17, 15) is 0 Å². The van der Waals surface area contributed by atoms with E-state index in [0.717, 1.165) is 6.54 Å². The number of unbranched alkanes of at least 4 members (excludes halogenated alkanes) is 2. The van der Waals surface area contributed by atoms with Gasteiger partial charge < -0.3 is 5.32 Å². The highest BCUT2D eigenvalue weighted by molar-refractivity contribution is 5.22. The van der Waals surface area contributed by atoms with E-state index in [1.807, 2.05) is 0 Å². The number of nitrogens with one attached hydrogen (secondary N) is 1. The third-order valence-electron chi connectivity index (χ3n) is 3.97. The molecule has 0 heterocycles. The van der Waals surface area contributed by atoms with E-state index in [1.165, 1.54) is 42.4 Å². The van der Waals surface area contributed by atoms with Crippen LogP contribution < -0.4 is 5.32 Å². The Kier molecular flexibility index (Phi) is 6.49. The van der Waals surface area contributed by atoms with Crippen molar-refractivity contribution >= 4 is 0 Å².